The van der Waals surface area contributed by atoms with Crippen LogP contribution >= 0.6 is 0 Å². The van der Waals surface area contributed by atoms with Crippen LogP contribution in [0, 0.1) is 0 Å². The van der Waals surface area contributed by atoms with E-state index in [1.165, 1.54) is 13.2 Å². The van der Waals surface area contributed by atoms with Gasteiger partial charge in [0.25, 0.3) is 0 Å². The fourth-order valence-electron chi connectivity index (χ4n) is 3.13. The van der Waals surface area contributed by atoms with E-state index >= 15 is 0 Å². The first-order chi connectivity index (χ1) is 16.6. The topological polar surface area (TPSA) is 105 Å². The summed E-state index contributed by atoms with van der Waals surface area (Å²) in [6, 6.07) is 14.2. The summed E-state index contributed by atoms with van der Waals surface area (Å²) >= 11 is 0. The Labute approximate surface area is 203 Å². The predicted molar refractivity (Wildman–Crippen MR) is 131 cm³/mol. The first kappa shape index (κ1) is 25.4. The molecule has 0 aliphatic carbocycles. The number of rotatable bonds is 7. The van der Waals surface area contributed by atoms with Gasteiger partial charge in [0.1, 0.15) is 11.3 Å². The summed E-state index contributed by atoms with van der Waals surface area (Å²) < 4.78 is 26.7. The summed E-state index contributed by atoms with van der Waals surface area (Å²) in [7, 11) is 4.32. The Morgan fingerprint density at radius 2 is 1.63 bits per heavy atom. The van der Waals surface area contributed by atoms with Gasteiger partial charge in [0, 0.05) is 11.5 Å². The maximum absolute atomic E-state index is 12.2. The van der Waals surface area contributed by atoms with Crippen LogP contribution in [0.5, 0.6) is 23.1 Å². The first-order valence-corrected chi connectivity index (χ1v) is 10.7. The molecule has 1 heterocycles. The zero-order valence-electron chi connectivity index (χ0n) is 20.5. The number of fused-ring (bicyclic) bond motifs is 1. The average Bonchev–Trinajstić information content (AvgIpc) is 2.82. The van der Waals surface area contributed by atoms with Gasteiger partial charge in [-0.2, -0.15) is 0 Å². The number of ether oxygens (including phenoxy) is 5. The van der Waals surface area contributed by atoms with Crippen molar-refractivity contribution >= 4 is 29.0 Å². The largest absolute Gasteiger partial charge is 0.493 e. The summed E-state index contributed by atoms with van der Waals surface area (Å²) in [5.41, 5.74) is 0.536. The van der Waals surface area contributed by atoms with Crippen molar-refractivity contribution in [3.05, 3.63) is 59.8 Å². The van der Waals surface area contributed by atoms with Crippen molar-refractivity contribution in [1.29, 1.82) is 0 Å². The molecule has 0 atom stereocenters. The molecular weight excluding hydrogens is 452 g/mol. The van der Waals surface area contributed by atoms with Crippen molar-refractivity contribution in [3.8, 4) is 23.1 Å². The van der Waals surface area contributed by atoms with Gasteiger partial charge >= 0.3 is 12.1 Å². The molecule has 9 heteroatoms. The molecular formula is C26H28N2O7. The second kappa shape index (κ2) is 10.8. The fourth-order valence-corrected chi connectivity index (χ4v) is 3.13. The number of esters is 1. The van der Waals surface area contributed by atoms with Crippen molar-refractivity contribution in [2.75, 3.05) is 21.3 Å². The van der Waals surface area contributed by atoms with Gasteiger partial charge in [0.2, 0.25) is 11.6 Å². The van der Waals surface area contributed by atoms with Gasteiger partial charge < -0.3 is 23.7 Å². The SMILES string of the molecule is COC(=O)C(=Cc1ccc2nc(Oc3c(OC)cccc3OC)ccc2c1)NC(=O)OC(C)(C)C. The molecule has 0 radical (unpaired) electrons. The highest BCUT2D eigenvalue weighted by Crippen LogP contribution is 2.39. The highest BCUT2D eigenvalue weighted by Gasteiger charge is 2.20. The summed E-state index contributed by atoms with van der Waals surface area (Å²) in [4.78, 5) is 28.9. The Hall–Kier alpha value is -4.27. The second-order valence-corrected chi connectivity index (χ2v) is 8.37. The standard InChI is InChI=1S/C26H28N2O7/c1-26(2,3)35-25(30)28-19(24(29)33-6)15-16-10-12-18-17(14-16)11-13-22(27-18)34-23-20(31-4)8-7-9-21(23)32-5/h7-15H,1-6H3,(H,28,30). The van der Waals surface area contributed by atoms with Gasteiger partial charge in [0.15, 0.2) is 11.5 Å². The van der Waals surface area contributed by atoms with E-state index in [-0.39, 0.29) is 5.70 Å². The van der Waals surface area contributed by atoms with Gasteiger partial charge in [-0.1, -0.05) is 12.1 Å². The monoisotopic (exact) mass is 480 g/mol. The molecule has 1 amide bonds. The summed E-state index contributed by atoms with van der Waals surface area (Å²) in [6.07, 6.45) is 0.740. The number of benzene rings is 2. The van der Waals surface area contributed by atoms with Gasteiger partial charge in [0.05, 0.1) is 26.8 Å². The van der Waals surface area contributed by atoms with Crippen LogP contribution in [0.4, 0.5) is 4.79 Å². The minimum Gasteiger partial charge on any atom is -0.493 e. The molecule has 1 aromatic heterocycles. The van der Waals surface area contributed by atoms with E-state index in [0.717, 1.165) is 5.39 Å². The van der Waals surface area contributed by atoms with Crippen molar-refractivity contribution in [2.45, 2.75) is 26.4 Å². The van der Waals surface area contributed by atoms with Crippen LogP contribution in [0.1, 0.15) is 26.3 Å². The summed E-state index contributed by atoms with van der Waals surface area (Å²) in [6.45, 7) is 5.19. The van der Waals surface area contributed by atoms with Crippen LogP contribution in [0.3, 0.4) is 0 Å². The number of hydrogen-bond acceptors (Lipinski definition) is 8. The second-order valence-electron chi connectivity index (χ2n) is 8.37. The van der Waals surface area contributed by atoms with Crippen LogP contribution in [0.15, 0.2) is 54.2 Å². The predicted octanol–water partition coefficient (Wildman–Crippen LogP) is 5.08. The number of carbonyl (C=O) groups is 2. The maximum Gasteiger partial charge on any atom is 0.412 e. The lowest BCUT2D eigenvalue weighted by molar-refractivity contribution is -0.136. The van der Waals surface area contributed by atoms with E-state index in [1.807, 2.05) is 12.1 Å². The summed E-state index contributed by atoms with van der Waals surface area (Å²) in [5, 5.41) is 3.24. The zero-order valence-corrected chi connectivity index (χ0v) is 20.5. The van der Waals surface area contributed by atoms with E-state index in [2.05, 4.69) is 10.3 Å². The van der Waals surface area contributed by atoms with Gasteiger partial charge in [-0.25, -0.2) is 14.6 Å². The van der Waals surface area contributed by atoms with Crippen LogP contribution in [0.2, 0.25) is 0 Å². The van der Waals surface area contributed by atoms with Crippen LogP contribution < -0.4 is 19.5 Å². The molecule has 0 aliphatic rings. The van der Waals surface area contributed by atoms with E-state index in [4.69, 9.17) is 23.7 Å². The van der Waals surface area contributed by atoms with Gasteiger partial charge in [-0.15, -0.1) is 0 Å². The number of carbonyl (C=O) groups excluding carboxylic acids is 2. The molecule has 0 bridgehead atoms. The number of methoxy groups -OCH3 is 3. The van der Waals surface area contributed by atoms with E-state index in [1.54, 1.807) is 71.4 Å². The quantitative estimate of drug-likeness (QED) is 0.369. The first-order valence-electron chi connectivity index (χ1n) is 10.7. The third-order valence-corrected chi connectivity index (χ3v) is 4.63. The third-order valence-electron chi connectivity index (χ3n) is 4.63. The molecule has 3 rings (SSSR count). The highest BCUT2D eigenvalue weighted by atomic mass is 16.6. The van der Waals surface area contributed by atoms with E-state index < -0.39 is 17.7 Å². The lowest BCUT2D eigenvalue weighted by Crippen LogP contribution is -2.34. The molecule has 184 valence electrons. The van der Waals surface area contributed by atoms with Crippen LogP contribution in [-0.4, -0.2) is 44.0 Å². The molecule has 9 nitrogen and oxygen atoms in total. The van der Waals surface area contributed by atoms with Crippen LogP contribution in [-0.2, 0) is 14.3 Å². The zero-order chi connectivity index (χ0) is 25.6. The molecule has 2 aromatic carbocycles. The molecule has 0 aliphatic heterocycles. The molecule has 0 saturated carbocycles. The normalized spacial score (nSPS) is 11.5. The molecule has 35 heavy (non-hydrogen) atoms. The molecule has 0 unspecified atom stereocenters. The van der Waals surface area contributed by atoms with Crippen LogP contribution in [0.25, 0.3) is 17.0 Å². The third kappa shape index (κ3) is 6.63. The highest BCUT2D eigenvalue weighted by molar-refractivity contribution is 5.97. The van der Waals surface area contributed by atoms with E-state index in [9.17, 15) is 9.59 Å². The van der Waals surface area contributed by atoms with Crippen molar-refractivity contribution in [3.63, 3.8) is 0 Å². The Morgan fingerprint density at radius 1 is 0.943 bits per heavy atom. The molecule has 1 N–H and O–H groups in total. The van der Waals surface area contributed by atoms with Crippen molar-refractivity contribution in [2.24, 2.45) is 0 Å². The number of para-hydroxylation sites is 1. The lowest BCUT2D eigenvalue weighted by Gasteiger charge is -2.20. The van der Waals surface area contributed by atoms with Gasteiger partial charge in [-0.05, 0) is 62.7 Å². The minimum absolute atomic E-state index is 0.0581. The minimum atomic E-state index is -0.759. The number of nitrogens with one attached hydrogen (secondary N) is 1. The van der Waals surface area contributed by atoms with Gasteiger partial charge in [-0.3, -0.25) is 5.32 Å². The molecule has 0 fully saturated rings. The molecule has 3 aromatic rings. The lowest BCUT2D eigenvalue weighted by atomic mass is 10.1. The molecule has 0 saturated heterocycles. The number of alkyl carbamates (subject to hydrolysis) is 1. The average molecular weight is 481 g/mol. The van der Waals surface area contributed by atoms with Crippen molar-refractivity contribution in [1.82, 2.24) is 10.3 Å². The Balaban J connectivity index is 1.88. The van der Waals surface area contributed by atoms with Crippen molar-refractivity contribution < 1.29 is 33.3 Å². The number of nitrogens with zero attached hydrogens (tertiary/aromatic N) is 1. The Kier molecular flexibility index (Phi) is 7.80. The summed E-state index contributed by atoms with van der Waals surface area (Å²) in [5.74, 6) is 1.09. The smallest absolute Gasteiger partial charge is 0.412 e. The fraction of sp³-hybridized carbons (Fsp3) is 0.269. The number of aromatic nitrogens is 1. The Morgan fingerprint density at radius 3 is 2.23 bits per heavy atom. The Bertz CT molecular complexity index is 1240. The number of pyridine rings is 1. The maximum atomic E-state index is 12.2. The number of hydrogen-bond donors (Lipinski definition) is 1. The number of amides is 1. The van der Waals surface area contributed by atoms with E-state index in [0.29, 0.717) is 34.2 Å². The molecule has 0 spiro atoms.